The lowest BCUT2D eigenvalue weighted by Gasteiger charge is -2.39. The summed E-state index contributed by atoms with van der Waals surface area (Å²) in [4.78, 5) is 16.7. The van der Waals surface area contributed by atoms with Crippen molar-refractivity contribution in [2.24, 2.45) is 0 Å². The molecular weight excluding hydrogens is 627 g/mol. The molecule has 9 rings (SSSR count). The Labute approximate surface area is 284 Å². The van der Waals surface area contributed by atoms with Crippen LogP contribution in [0.2, 0.25) is 0 Å². The Balaban J connectivity index is 1.25. The van der Waals surface area contributed by atoms with Crippen LogP contribution in [0.25, 0.3) is 22.6 Å². The van der Waals surface area contributed by atoms with Gasteiger partial charge in [-0.2, -0.15) is 5.26 Å². The number of thiophene rings is 1. The number of ether oxygens (including phenoxy) is 2. The van der Waals surface area contributed by atoms with Gasteiger partial charge in [-0.1, -0.05) is 5.16 Å². The fourth-order valence-electron chi connectivity index (χ4n) is 9.60. The Kier molecular flexibility index (Phi) is 7.05. The lowest BCUT2D eigenvalue weighted by atomic mass is 9.63. The molecule has 4 aromatic rings. The van der Waals surface area contributed by atoms with E-state index in [1.54, 1.807) is 11.3 Å². The highest BCUT2D eigenvalue weighted by atomic mass is 32.1. The molecule has 0 saturated carbocycles. The number of nitriles is 1. The van der Waals surface area contributed by atoms with Crippen molar-refractivity contribution in [3.8, 4) is 23.5 Å². The van der Waals surface area contributed by atoms with Gasteiger partial charge in [-0.15, -0.1) is 16.4 Å². The van der Waals surface area contributed by atoms with Gasteiger partial charge < -0.3 is 29.5 Å². The van der Waals surface area contributed by atoms with Crippen LogP contribution in [0, 0.1) is 11.3 Å². The van der Waals surface area contributed by atoms with Gasteiger partial charge >= 0.3 is 0 Å². The first-order valence-corrected chi connectivity index (χ1v) is 18.4. The molecule has 0 aromatic carbocycles. The summed E-state index contributed by atoms with van der Waals surface area (Å²) in [7, 11) is 2.20. The van der Waals surface area contributed by atoms with Gasteiger partial charge in [0.25, 0.3) is 0 Å². The summed E-state index contributed by atoms with van der Waals surface area (Å²) in [6.45, 7) is 8.77. The summed E-state index contributed by atoms with van der Waals surface area (Å²) < 4.78 is 21.0. The molecule has 6 atom stereocenters. The molecule has 7 heterocycles. The normalized spacial score (nSPS) is 29.1. The zero-order chi connectivity index (χ0) is 32.9. The third-order valence-electron chi connectivity index (χ3n) is 11.8. The quantitative estimate of drug-likeness (QED) is 0.299. The predicted octanol–water partition coefficient (Wildman–Crippen LogP) is 5.38. The van der Waals surface area contributed by atoms with Crippen LogP contribution in [0.15, 0.2) is 4.52 Å². The first kappa shape index (κ1) is 30.3. The van der Waals surface area contributed by atoms with E-state index < -0.39 is 5.41 Å². The molecule has 12 nitrogen and oxygen atoms in total. The maximum Gasteiger partial charge on any atom is 0.246 e. The lowest BCUT2D eigenvalue weighted by molar-refractivity contribution is 0.122. The van der Waals surface area contributed by atoms with E-state index in [2.05, 4.69) is 48.4 Å². The van der Waals surface area contributed by atoms with Crippen molar-refractivity contribution in [1.82, 2.24) is 29.8 Å². The average Bonchev–Trinajstić information content (AvgIpc) is 3.90. The zero-order valence-corrected chi connectivity index (χ0v) is 29.0. The SMILES string of the molecule is CC1CC(N2c3nc(-c4noc5c4CCCC54CCCc5sc(N)c(C#N)c54)nc4c3c(nn4C(C)C3CCCN3C)OCC2C)CO1. The van der Waals surface area contributed by atoms with Crippen LogP contribution in [0.3, 0.4) is 0 Å². The van der Waals surface area contributed by atoms with Crippen LogP contribution in [-0.2, 0) is 23.0 Å². The van der Waals surface area contributed by atoms with Gasteiger partial charge in [-0.3, -0.25) is 0 Å². The first-order valence-electron chi connectivity index (χ1n) is 17.6. The van der Waals surface area contributed by atoms with E-state index in [4.69, 9.17) is 40.0 Å². The number of nitrogens with two attached hydrogens (primary N) is 1. The number of fused-ring (bicyclic) bond motifs is 4. The molecule has 2 N–H and O–H groups in total. The van der Waals surface area contributed by atoms with E-state index >= 15 is 0 Å². The third-order valence-corrected chi connectivity index (χ3v) is 12.9. The summed E-state index contributed by atoms with van der Waals surface area (Å²) >= 11 is 1.56. The van der Waals surface area contributed by atoms with Gasteiger partial charge in [-0.05, 0) is 97.7 Å². The molecule has 0 bridgehead atoms. The zero-order valence-electron chi connectivity index (χ0n) is 28.2. The van der Waals surface area contributed by atoms with Gasteiger partial charge in [0.05, 0.1) is 41.8 Å². The van der Waals surface area contributed by atoms with Crippen molar-refractivity contribution < 1.29 is 14.0 Å². The fraction of sp³-hybridized carbons (Fsp3) is 0.629. The average molecular weight is 670 g/mol. The van der Waals surface area contributed by atoms with Crippen molar-refractivity contribution in [1.29, 1.82) is 5.26 Å². The van der Waals surface area contributed by atoms with Crippen LogP contribution in [0.1, 0.15) is 99.1 Å². The third kappa shape index (κ3) is 4.31. The predicted molar refractivity (Wildman–Crippen MR) is 183 cm³/mol. The molecule has 2 saturated heterocycles. The van der Waals surface area contributed by atoms with Crippen molar-refractivity contribution in [3.63, 3.8) is 0 Å². The molecule has 4 aromatic heterocycles. The molecule has 0 amide bonds. The van der Waals surface area contributed by atoms with E-state index in [1.165, 1.54) is 11.3 Å². The Morgan fingerprint density at radius 1 is 1.12 bits per heavy atom. The van der Waals surface area contributed by atoms with Gasteiger partial charge in [0.2, 0.25) is 5.88 Å². The Morgan fingerprint density at radius 3 is 2.71 bits per heavy atom. The van der Waals surface area contributed by atoms with Gasteiger partial charge in [0.15, 0.2) is 22.9 Å². The number of aryl methyl sites for hydroxylation is 1. The van der Waals surface area contributed by atoms with Crippen LogP contribution in [-0.4, -0.2) is 80.8 Å². The van der Waals surface area contributed by atoms with Crippen LogP contribution in [0.5, 0.6) is 5.88 Å². The highest BCUT2D eigenvalue weighted by Gasteiger charge is 2.49. The Hall–Kier alpha value is -3.73. The van der Waals surface area contributed by atoms with Gasteiger partial charge in [0.1, 0.15) is 28.9 Å². The molecular formula is C35H43N9O3S. The Morgan fingerprint density at radius 2 is 1.96 bits per heavy atom. The topological polar surface area (TPSA) is 144 Å². The molecule has 3 aliphatic heterocycles. The molecule has 2 fully saturated rings. The lowest BCUT2D eigenvalue weighted by Crippen LogP contribution is -2.45. The largest absolute Gasteiger partial charge is 0.474 e. The molecule has 252 valence electrons. The minimum atomic E-state index is -0.413. The maximum absolute atomic E-state index is 10.2. The maximum atomic E-state index is 10.2. The minimum absolute atomic E-state index is 0.0551. The van der Waals surface area contributed by atoms with Crippen LogP contribution >= 0.6 is 11.3 Å². The molecule has 2 aliphatic carbocycles. The molecule has 1 spiro atoms. The number of likely N-dealkylation sites (N-methyl/N-ethyl adjacent to an activating group) is 1. The van der Waals surface area contributed by atoms with Gasteiger partial charge in [-0.25, -0.2) is 14.6 Å². The van der Waals surface area contributed by atoms with E-state index in [-0.39, 0.29) is 24.2 Å². The Bertz CT molecular complexity index is 1960. The van der Waals surface area contributed by atoms with E-state index in [0.29, 0.717) is 47.2 Å². The number of anilines is 2. The number of aromatic nitrogens is 5. The summed E-state index contributed by atoms with van der Waals surface area (Å²) in [5, 5.41) is 21.5. The smallest absolute Gasteiger partial charge is 0.246 e. The van der Waals surface area contributed by atoms with E-state index in [1.807, 2.05) is 0 Å². The van der Waals surface area contributed by atoms with Crippen molar-refractivity contribution in [2.45, 2.75) is 114 Å². The number of rotatable bonds is 4. The summed E-state index contributed by atoms with van der Waals surface area (Å²) in [5.74, 6) is 2.83. The fourth-order valence-corrected chi connectivity index (χ4v) is 10.8. The first-order chi connectivity index (χ1) is 23.3. The van der Waals surface area contributed by atoms with E-state index in [9.17, 15) is 5.26 Å². The summed E-state index contributed by atoms with van der Waals surface area (Å²) in [6, 6.07) is 3.07. The molecule has 13 heteroatoms. The second-order valence-electron chi connectivity index (χ2n) is 14.7. The molecule has 0 radical (unpaired) electrons. The number of nitrogens with zero attached hydrogens (tertiary/aromatic N) is 8. The number of nitrogen functional groups attached to an aromatic ring is 1. The number of likely N-dealkylation sites (tertiary alicyclic amines) is 1. The van der Waals surface area contributed by atoms with Crippen LogP contribution < -0.4 is 15.4 Å². The second-order valence-corrected chi connectivity index (χ2v) is 15.9. The summed E-state index contributed by atoms with van der Waals surface area (Å²) in [5.41, 5.74) is 10.2. The number of hydrogen-bond donors (Lipinski definition) is 1. The standard InChI is InChI=1S/C35H43N9O3S/c1-18-16-46-34-26-32(43(18)21-14-19(2)45-17-21)38-31(39-33(26)44(40-34)20(3)24-9-7-13-42(24)4)28-22-8-5-11-35(29(22)47-41-28)12-6-10-25-27(35)23(15-36)30(37)48-25/h18-21,24H,5-14,16-17,37H2,1-4H3. The minimum Gasteiger partial charge on any atom is -0.474 e. The highest BCUT2D eigenvalue weighted by Crippen LogP contribution is 2.55. The van der Waals surface area contributed by atoms with Crippen molar-refractivity contribution >= 4 is 33.2 Å². The second kappa shape index (κ2) is 11.1. The monoisotopic (exact) mass is 669 g/mol. The van der Waals surface area contributed by atoms with E-state index in [0.717, 1.165) is 91.6 Å². The van der Waals surface area contributed by atoms with Crippen molar-refractivity contribution in [3.05, 3.63) is 27.3 Å². The highest BCUT2D eigenvalue weighted by molar-refractivity contribution is 7.16. The van der Waals surface area contributed by atoms with Crippen molar-refractivity contribution in [2.75, 3.05) is 37.4 Å². The number of hydrogen-bond acceptors (Lipinski definition) is 12. The van der Waals surface area contributed by atoms with Gasteiger partial charge in [0, 0.05) is 16.5 Å². The molecule has 5 aliphatic rings. The molecule has 48 heavy (non-hydrogen) atoms. The van der Waals surface area contributed by atoms with Crippen LogP contribution in [0.4, 0.5) is 10.8 Å². The summed E-state index contributed by atoms with van der Waals surface area (Å²) in [6.07, 6.45) is 8.90. The molecule has 6 unspecified atom stereocenters.